The SMILES string of the molecule is CC(C)OS(=O)(=O)c1cccc2c1SCS2. The lowest BCUT2D eigenvalue weighted by Crippen LogP contribution is -2.13. The van der Waals surface area contributed by atoms with Gasteiger partial charge in [-0.3, -0.25) is 4.18 Å². The van der Waals surface area contributed by atoms with Gasteiger partial charge in [0.25, 0.3) is 10.1 Å². The predicted molar refractivity (Wildman–Crippen MR) is 66.4 cm³/mol. The summed E-state index contributed by atoms with van der Waals surface area (Å²) in [5.41, 5.74) is 0. The Morgan fingerprint density at radius 1 is 1.31 bits per heavy atom. The van der Waals surface area contributed by atoms with Crippen molar-refractivity contribution >= 4 is 33.6 Å². The lowest BCUT2D eigenvalue weighted by Gasteiger charge is -2.10. The van der Waals surface area contributed by atoms with Gasteiger partial charge >= 0.3 is 0 Å². The number of hydrogen-bond donors (Lipinski definition) is 0. The van der Waals surface area contributed by atoms with E-state index in [1.165, 1.54) is 0 Å². The van der Waals surface area contributed by atoms with Gasteiger partial charge in [0.05, 0.1) is 6.10 Å². The van der Waals surface area contributed by atoms with E-state index in [2.05, 4.69) is 0 Å². The number of fused-ring (bicyclic) bond motifs is 1. The number of hydrogen-bond acceptors (Lipinski definition) is 5. The van der Waals surface area contributed by atoms with Crippen LogP contribution < -0.4 is 0 Å². The Morgan fingerprint density at radius 2 is 2.06 bits per heavy atom. The summed E-state index contributed by atoms with van der Waals surface area (Å²) >= 11 is 3.21. The molecule has 0 saturated heterocycles. The minimum Gasteiger partial charge on any atom is -0.264 e. The molecule has 0 fully saturated rings. The molecule has 0 radical (unpaired) electrons. The van der Waals surface area contributed by atoms with Crippen LogP contribution in [0.1, 0.15) is 13.8 Å². The third kappa shape index (κ3) is 2.40. The fraction of sp³-hybridized carbons (Fsp3) is 0.400. The zero-order valence-electron chi connectivity index (χ0n) is 8.97. The fourth-order valence-electron chi connectivity index (χ4n) is 1.41. The average molecular weight is 276 g/mol. The van der Waals surface area contributed by atoms with Crippen LogP contribution in [0.15, 0.2) is 32.9 Å². The minimum atomic E-state index is -3.62. The molecular weight excluding hydrogens is 264 g/mol. The van der Waals surface area contributed by atoms with Crippen LogP contribution in [-0.2, 0) is 14.3 Å². The summed E-state index contributed by atoms with van der Waals surface area (Å²) in [4.78, 5) is 2.15. The van der Waals surface area contributed by atoms with Gasteiger partial charge < -0.3 is 0 Å². The Kier molecular flexibility index (Phi) is 3.53. The Morgan fingerprint density at radius 3 is 2.75 bits per heavy atom. The second-order valence-electron chi connectivity index (χ2n) is 3.59. The smallest absolute Gasteiger partial charge is 0.264 e. The molecule has 0 aliphatic carbocycles. The van der Waals surface area contributed by atoms with Crippen LogP contribution >= 0.6 is 23.5 Å². The molecule has 1 aromatic carbocycles. The van der Waals surface area contributed by atoms with Crippen molar-refractivity contribution in [2.75, 3.05) is 5.08 Å². The molecule has 0 aromatic heterocycles. The van der Waals surface area contributed by atoms with Gasteiger partial charge in [-0.1, -0.05) is 6.07 Å². The highest BCUT2D eigenvalue weighted by Gasteiger charge is 2.25. The molecule has 0 N–H and O–H groups in total. The molecule has 1 heterocycles. The van der Waals surface area contributed by atoms with Crippen molar-refractivity contribution in [2.45, 2.75) is 34.6 Å². The molecule has 2 rings (SSSR count). The Bertz CT molecular complexity index is 494. The maximum atomic E-state index is 12.0. The van der Waals surface area contributed by atoms with E-state index in [0.29, 0.717) is 4.90 Å². The van der Waals surface area contributed by atoms with Gasteiger partial charge in [0.15, 0.2) is 0 Å². The zero-order chi connectivity index (χ0) is 11.8. The Hall–Kier alpha value is -0.170. The van der Waals surface area contributed by atoms with E-state index in [1.54, 1.807) is 49.5 Å². The molecule has 0 atom stereocenters. The van der Waals surface area contributed by atoms with E-state index in [9.17, 15) is 8.42 Å². The first-order valence-electron chi connectivity index (χ1n) is 4.82. The lowest BCUT2D eigenvalue weighted by molar-refractivity contribution is 0.248. The van der Waals surface area contributed by atoms with Crippen LogP contribution in [0.25, 0.3) is 0 Å². The van der Waals surface area contributed by atoms with E-state index < -0.39 is 10.1 Å². The van der Waals surface area contributed by atoms with Crippen LogP contribution in [0.3, 0.4) is 0 Å². The van der Waals surface area contributed by atoms with Crippen LogP contribution in [0.5, 0.6) is 0 Å². The first-order chi connectivity index (χ1) is 7.50. The second-order valence-corrected chi connectivity index (χ2v) is 7.50. The van der Waals surface area contributed by atoms with E-state index in [1.807, 2.05) is 6.07 Å². The number of thioether (sulfide) groups is 2. The first kappa shape index (κ1) is 12.3. The first-order valence-corrected chi connectivity index (χ1v) is 8.20. The summed E-state index contributed by atoms with van der Waals surface area (Å²) in [5.74, 6) is 0. The molecule has 0 unspecified atom stereocenters. The van der Waals surface area contributed by atoms with E-state index in [4.69, 9.17) is 4.18 Å². The molecule has 0 bridgehead atoms. The number of benzene rings is 1. The summed E-state index contributed by atoms with van der Waals surface area (Å²) in [6.45, 7) is 3.42. The van der Waals surface area contributed by atoms with Crippen LogP contribution in [0.4, 0.5) is 0 Å². The van der Waals surface area contributed by atoms with E-state index >= 15 is 0 Å². The summed E-state index contributed by atoms with van der Waals surface area (Å²) in [6, 6.07) is 5.30. The molecule has 1 aliphatic heterocycles. The standard InChI is InChI=1S/C10H12O3S3/c1-7(2)13-16(11,12)9-5-3-4-8-10(9)15-6-14-8/h3-5,7H,6H2,1-2H3. The molecule has 16 heavy (non-hydrogen) atoms. The Balaban J connectivity index is 2.45. The molecule has 0 spiro atoms. The van der Waals surface area contributed by atoms with Crippen LogP contribution in [0, 0.1) is 0 Å². The van der Waals surface area contributed by atoms with Gasteiger partial charge in [0, 0.05) is 14.9 Å². The predicted octanol–water partition coefficient (Wildman–Crippen LogP) is 2.96. The Labute approximate surface area is 104 Å². The third-order valence-corrected chi connectivity index (χ3v) is 6.05. The van der Waals surface area contributed by atoms with Crippen molar-refractivity contribution in [3.63, 3.8) is 0 Å². The van der Waals surface area contributed by atoms with Gasteiger partial charge in [-0.2, -0.15) is 8.42 Å². The van der Waals surface area contributed by atoms with Gasteiger partial charge in [-0.05, 0) is 26.0 Å². The highest BCUT2D eigenvalue weighted by atomic mass is 32.2. The topological polar surface area (TPSA) is 43.4 Å². The highest BCUT2D eigenvalue weighted by Crippen LogP contribution is 2.45. The quantitative estimate of drug-likeness (QED) is 0.794. The van der Waals surface area contributed by atoms with Crippen molar-refractivity contribution in [1.29, 1.82) is 0 Å². The van der Waals surface area contributed by atoms with E-state index in [-0.39, 0.29) is 6.10 Å². The molecule has 0 amide bonds. The lowest BCUT2D eigenvalue weighted by atomic mass is 10.4. The molecule has 0 saturated carbocycles. The fourth-order valence-corrected chi connectivity index (χ4v) is 5.55. The van der Waals surface area contributed by atoms with Gasteiger partial charge in [-0.15, -0.1) is 23.5 Å². The minimum absolute atomic E-state index is 0.300. The van der Waals surface area contributed by atoms with Crippen molar-refractivity contribution in [3.8, 4) is 0 Å². The highest BCUT2D eigenvalue weighted by molar-refractivity contribution is 8.18. The van der Waals surface area contributed by atoms with Crippen molar-refractivity contribution < 1.29 is 12.6 Å². The average Bonchev–Trinajstić information content (AvgIpc) is 2.62. The third-order valence-electron chi connectivity index (χ3n) is 1.95. The second kappa shape index (κ2) is 4.60. The van der Waals surface area contributed by atoms with Gasteiger partial charge in [-0.25, -0.2) is 0 Å². The monoisotopic (exact) mass is 276 g/mol. The van der Waals surface area contributed by atoms with Crippen molar-refractivity contribution in [1.82, 2.24) is 0 Å². The molecule has 3 nitrogen and oxygen atoms in total. The molecular formula is C10H12O3S3. The zero-order valence-corrected chi connectivity index (χ0v) is 11.4. The molecule has 6 heteroatoms. The maximum Gasteiger partial charge on any atom is 0.298 e. The van der Waals surface area contributed by atoms with Gasteiger partial charge in [0.2, 0.25) is 0 Å². The molecule has 88 valence electrons. The number of rotatable bonds is 3. The normalized spacial score (nSPS) is 15.4. The summed E-state index contributed by atoms with van der Waals surface area (Å²) in [6.07, 6.45) is -0.333. The van der Waals surface area contributed by atoms with E-state index in [0.717, 1.165) is 14.9 Å². The van der Waals surface area contributed by atoms with Crippen molar-refractivity contribution in [2.24, 2.45) is 0 Å². The summed E-state index contributed by atoms with van der Waals surface area (Å²) in [7, 11) is -3.62. The van der Waals surface area contributed by atoms with Crippen LogP contribution in [0.2, 0.25) is 0 Å². The largest absolute Gasteiger partial charge is 0.298 e. The summed E-state index contributed by atoms with van der Waals surface area (Å²) < 4.78 is 28.9. The van der Waals surface area contributed by atoms with Crippen molar-refractivity contribution in [3.05, 3.63) is 18.2 Å². The molecule has 1 aromatic rings. The molecule has 1 aliphatic rings. The maximum absolute atomic E-state index is 12.0. The van der Waals surface area contributed by atoms with Crippen LogP contribution in [-0.4, -0.2) is 19.6 Å². The summed E-state index contributed by atoms with van der Waals surface area (Å²) in [5, 5.41) is 0.865. The van der Waals surface area contributed by atoms with Gasteiger partial charge in [0.1, 0.15) is 4.90 Å².